The molecule has 0 aliphatic carbocycles. The number of hydrogen-bond donors (Lipinski definition) is 0. The molecule has 0 aliphatic rings. The molecule has 0 aromatic heterocycles. The maximum absolute atomic E-state index is 8.56. The van der Waals surface area contributed by atoms with Crippen LogP contribution < -0.4 is 0 Å². The van der Waals surface area contributed by atoms with Gasteiger partial charge in [0.1, 0.15) is 0 Å². The second-order valence-electron chi connectivity index (χ2n) is 3.96. The summed E-state index contributed by atoms with van der Waals surface area (Å²) in [5, 5.41) is 8.56. The minimum Gasteiger partial charge on any atom is -0.355 e. The maximum atomic E-state index is 8.56. The highest BCUT2D eigenvalue weighted by molar-refractivity contribution is 4.73. The van der Waals surface area contributed by atoms with Crippen molar-refractivity contribution in [1.29, 1.82) is 5.26 Å². The molecule has 0 aromatic rings. The van der Waals surface area contributed by atoms with Gasteiger partial charge in [0.05, 0.1) is 6.07 Å². The highest BCUT2D eigenvalue weighted by Gasteiger charge is 2.13. The standard InChI is InChI=1S/C11H22N2O2/c1-10(2)8-13(7-5-6-12)9-11(14-3)15-4/h10-11H,5,7-9H2,1-4H3. The third-order valence-corrected chi connectivity index (χ3v) is 2.10. The van der Waals surface area contributed by atoms with Crippen LogP contribution in [0.2, 0.25) is 0 Å². The molecule has 4 heteroatoms. The zero-order valence-corrected chi connectivity index (χ0v) is 10.2. The van der Waals surface area contributed by atoms with Gasteiger partial charge in [-0.2, -0.15) is 5.26 Å². The van der Waals surface area contributed by atoms with E-state index >= 15 is 0 Å². The van der Waals surface area contributed by atoms with Crippen LogP contribution in [0.5, 0.6) is 0 Å². The molecule has 0 bridgehead atoms. The number of nitriles is 1. The summed E-state index contributed by atoms with van der Waals surface area (Å²) in [7, 11) is 3.26. The van der Waals surface area contributed by atoms with E-state index in [9.17, 15) is 0 Å². The molecule has 0 atom stereocenters. The lowest BCUT2D eigenvalue weighted by atomic mass is 10.2. The summed E-state index contributed by atoms with van der Waals surface area (Å²) in [4.78, 5) is 2.20. The Labute approximate surface area is 92.8 Å². The zero-order valence-electron chi connectivity index (χ0n) is 10.2. The smallest absolute Gasteiger partial charge is 0.169 e. The fourth-order valence-electron chi connectivity index (χ4n) is 1.44. The summed E-state index contributed by atoms with van der Waals surface area (Å²) < 4.78 is 10.3. The Balaban J connectivity index is 4.04. The second kappa shape index (κ2) is 8.66. The average Bonchev–Trinajstić information content (AvgIpc) is 2.21. The first-order chi connectivity index (χ1) is 7.13. The summed E-state index contributed by atoms with van der Waals surface area (Å²) >= 11 is 0. The predicted octanol–water partition coefficient (Wildman–Crippen LogP) is 1.48. The van der Waals surface area contributed by atoms with Crippen molar-refractivity contribution in [3.63, 3.8) is 0 Å². The van der Waals surface area contributed by atoms with Crippen LogP contribution in [0.15, 0.2) is 0 Å². The molecule has 15 heavy (non-hydrogen) atoms. The molecule has 0 N–H and O–H groups in total. The van der Waals surface area contributed by atoms with Crippen molar-refractivity contribution in [1.82, 2.24) is 4.90 Å². The Bertz CT molecular complexity index is 186. The van der Waals surface area contributed by atoms with E-state index in [0.717, 1.165) is 13.1 Å². The molecule has 0 heterocycles. The summed E-state index contributed by atoms with van der Waals surface area (Å²) in [6.07, 6.45) is 0.342. The van der Waals surface area contributed by atoms with Crippen LogP contribution in [0.1, 0.15) is 20.3 Å². The first-order valence-electron chi connectivity index (χ1n) is 5.28. The van der Waals surface area contributed by atoms with Crippen molar-refractivity contribution in [2.45, 2.75) is 26.6 Å². The molecule has 0 aromatic carbocycles. The molecular weight excluding hydrogens is 192 g/mol. The van der Waals surface area contributed by atoms with E-state index in [1.54, 1.807) is 14.2 Å². The van der Waals surface area contributed by atoms with Crippen molar-refractivity contribution in [3.8, 4) is 6.07 Å². The largest absolute Gasteiger partial charge is 0.355 e. The minimum atomic E-state index is -0.206. The molecule has 0 rings (SSSR count). The van der Waals surface area contributed by atoms with Gasteiger partial charge in [-0.1, -0.05) is 13.8 Å². The predicted molar refractivity (Wildman–Crippen MR) is 59.3 cm³/mol. The second-order valence-corrected chi connectivity index (χ2v) is 3.96. The quantitative estimate of drug-likeness (QED) is 0.574. The van der Waals surface area contributed by atoms with Crippen LogP contribution in [-0.2, 0) is 9.47 Å². The van der Waals surface area contributed by atoms with Crippen LogP contribution in [0.3, 0.4) is 0 Å². The van der Waals surface area contributed by atoms with E-state index in [1.165, 1.54) is 0 Å². The van der Waals surface area contributed by atoms with E-state index in [1.807, 2.05) is 0 Å². The van der Waals surface area contributed by atoms with Crippen molar-refractivity contribution in [2.75, 3.05) is 33.9 Å². The molecule has 0 fully saturated rings. The van der Waals surface area contributed by atoms with Crippen LogP contribution in [0, 0.1) is 17.2 Å². The molecule has 0 amide bonds. The van der Waals surface area contributed by atoms with E-state index in [4.69, 9.17) is 14.7 Å². The summed E-state index contributed by atoms with van der Waals surface area (Å²) in [6, 6.07) is 2.16. The van der Waals surface area contributed by atoms with E-state index in [0.29, 0.717) is 18.9 Å². The Morgan fingerprint density at radius 1 is 1.20 bits per heavy atom. The van der Waals surface area contributed by atoms with Gasteiger partial charge in [-0.05, 0) is 5.92 Å². The third kappa shape index (κ3) is 7.32. The molecule has 0 spiro atoms. The van der Waals surface area contributed by atoms with Gasteiger partial charge in [0.25, 0.3) is 0 Å². The van der Waals surface area contributed by atoms with Crippen LogP contribution in [0.4, 0.5) is 0 Å². The lowest BCUT2D eigenvalue weighted by molar-refractivity contribution is -0.116. The van der Waals surface area contributed by atoms with E-state index in [-0.39, 0.29) is 6.29 Å². The molecule has 4 nitrogen and oxygen atoms in total. The first kappa shape index (κ1) is 14.4. The fourth-order valence-corrected chi connectivity index (χ4v) is 1.44. The van der Waals surface area contributed by atoms with Gasteiger partial charge < -0.3 is 9.47 Å². The lowest BCUT2D eigenvalue weighted by Gasteiger charge is -2.26. The number of hydrogen-bond acceptors (Lipinski definition) is 4. The SMILES string of the molecule is COC(CN(CCC#N)CC(C)C)OC. The number of ether oxygens (including phenoxy) is 2. The normalized spacial score (nSPS) is 11.3. The first-order valence-corrected chi connectivity index (χ1v) is 5.28. The highest BCUT2D eigenvalue weighted by Crippen LogP contribution is 2.03. The van der Waals surface area contributed by atoms with Crippen molar-refractivity contribution < 1.29 is 9.47 Å². The minimum absolute atomic E-state index is 0.206. The lowest BCUT2D eigenvalue weighted by Crippen LogP contribution is -2.37. The van der Waals surface area contributed by atoms with Crippen LogP contribution >= 0.6 is 0 Å². The summed E-state index contributed by atoms with van der Waals surface area (Å²) in [5.41, 5.74) is 0. The summed E-state index contributed by atoms with van der Waals surface area (Å²) in [6.45, 7) is 6.78. The molecular formula is C11H22N2O2. The van der Waals surface area contributed by atoms with Gasteiger partial charge in [-0.25, -0.2) is 0 Å². The molecule has 0 aliphatic heterocycles. The van der Waals surface area contributed by atoms with Gasteiger partial charge in [-0.15, -0.1) is 0 Å². The van der Waals surface area contributed by atoms with Crippen LogP contribution in [0.25, 0.3) is 0 Å². The number of methoxy groups -OCH3 is 2. The number of nitrogens with zero attached hydrogens (tertiary/aromatic N) is 2. The van der Waals surface area contributed by atoms with Gasteiger partial charge in [-0.3, -0.25) is 4.90 Å². The Morgan fingerprint density at radius 3 is 2.20 bits per heavy atom. The van der Waals surface area contributed by atoms with Crippen molar-refractivity contribution >= 4 is 0 Å². The number of rotatable bonds is 8. The third-order valence-electron chi connectivity index (χ3n) is 2.10. The Hall–Kier alpha value is -0.630. The molecule has 0 radical (unpaired) electrons. The molecule has 0 saturated carbocycles. The monoisotopic (exact) mass is 214 g/mol. The highest BCUT2D eigenvalue weighted by atomic mass is 16.7. The van der Waals surface area contributed by atoms with Crippen molar-refractivity contribution in [2.24, 2.45) is 5.92 Å². The van der Waals surface area contributed by atoms with E-state index in [2.05, 4.69) is 24.8 Å². The van der Waals surface area contributed by atoms with Crippen LogP contribution in [-0.4, -0.2) is 45.0 Å². The van der Waals surface area contributed by atoms with Crippen molar-refractivity contribution in [3.05, 3.63) is 0 Å². The molecule has 0 unspecified atom stereocenters. The fraction of sp³-hybridized carbons (Fsp3) is 0.909. The topological polar surface area (TPSA) is 45.5 Å². The van der Waals surface area contributed by atoms with Gasteiger partial charge in [0.2, 0.25) is 0 Å². The maximum Gasteiger partial charge on any atom is 0.169 e. The van der Waals surface area contributed by atoms with Gasteiger partial charge in [0, 0.05) is 40.3 Å². The van der Waals surface area contributed by atoms with Gasteiger partial charge >= 0.3 is 0 Å². The molecule has 88 valence electrons. The zero-order chi connectivity index (χ0) is 11.7. The summed E-state index contributed by atoms with van der Waals surface area (Å²) in [5.74, 6) is 0.582. The Morgan fingerprint density at radius 2 is 1.80 bits per heavy atom. The Kier molecular flexibility index (Phi) is 8.30. The van der Waals surface area contributed by atoms with E-state index < -0.39 is 0 Å². The average molecular weight is 214 g/mol. The van der Waals surface area contributed by atoms with Gasteiger partial charge in [0.15, 0.2) is 6.29 Å². The molecule has 0 saturated heterocycles.